The van der Waals surface area contributed by atoms with Gasteiger partial charge >= 0.3 is 0 Å². The van der Waals surface area contributed by atoms with Gasteiger partial charge in [-0.2, -0.15) is 0 Å². The van der Waals surface area contributed by atoms with E-state index in [0.717, 1.165) is 0 Å². The largest absolute Gasteiger partial charge is 0.384 e. The maximum Gasteiger partial charge on any atom is 0.128 e. The molecule has 0 fully saturated rings. The Kier molecular flexibility index (Phi) is 5.91. The highest BCUT2D eigenvalue weighted by Gasteiger charge is 2.28. The second kappa shape index (κ2) is 7.70. The van der Waals surface area contributed by atoms with Crippen LogP contribution in [0.1, 0.15) is 29.2 Å². The second-order valence-electron chi connectivity index (χ2n) is 4.68. The summed E-state index contributed by atoms with van der Waals surface area (Å²) < 4.78 is 5.71. The molecule has 1 N–H and O–H groups in total. The maximum atomic E-state index is 10.7. The van der Waals surface area contributed by atoms with Crippen molar-refractivity contribution in [1.82, 2.24) is 9.97 Å². The number of hydrogen-bond donors (Lipinski definition) is 1. The number of halogens is 2. The summed E-state index contributed by atoms with van der Waals surface area (Å²) in [5, 5.41) is 11.6. The Morgan fingerprint density at radius 2 is 2.05 bits per heavy atom. The zero-order chi connectivity index (χ0) is 16.1. The lowest BCUT2D eigenvalue weighted by molar-refractivity contribution is -0.0323. The molecule has 6 heteroatoms. The van der Waals surface area contributed by atoms with Crippen molar-refractivity contribution in [2.45, 2.75) is 19.1 Å². The van der Waals surface area contributed by atoms with Crippen LogP contribution in [-0.2, 0) is 4.74 Å². The van der Waals surface area contributed by atoms with Crippen LogP contribution < -0.4 is 0 Å². The molecule has 0 saturated heterocycles. The molecule has 2 atom stereocenters. The monoisotopic (exact) mass is 338 g/mol. The third-order valence-electron chi connectivity index (χ3n) is 3.15. The maximum absolute atomic E-state index is 10.7. The van der Waals surface area contributed by atoms with Crippen LogP contribution in [-0.4, -0.2) is 21.7 Å². The molecule has 0 aliphatic carbocycles. The van der Waals surface area contributed by atoms with Gasteiger partial charge in [-0.3, -0.25) is 9.97 Å². The van der Waals surface area contributed by atoms with Crippen molar-refractivity contribution in [1.29, 1.82) is 0 Å². The predicted molar refractivity (Wildman–Crippen MR) is 87.1 cm³/mol. The van der Waals surface area contributed by atoms with Crippen LogP contribution >= 0.6 is 23.2 Å². The van der Waals surface area contributed by atoms with Crippen LogP contribution in [0.3, 0.4) is 0 Å². The van der Waals surface area contributed by atoms with Crippen molar-refractivity contribution in [3.8, 4) is 0 Å². The molecular formula is C16H16Cl2N2O2. The molecule has 1 heterocycles. The molecular weight excluding hydrogens is 323 g/mol. The van der Waals surface area contributed by atoms with Gasteiger partial charge in [0.2, 0.25) is 0 Å². The first-order chi connectivity index (χ1) is 10.5. The highest BCUT2D eigenvalue weighted by Crippen LogP contribution is 2.36. The molecule has 2 rings (SSSR count). The Morgan fingerprint density at radius 3 is 2.68 bits per heavy atom. The zero-order valence-electron chi connectivity index (χ0n) is 12.0. The summed E-state index contributed by atoms with van der Waals surface area (Å²) >= 11 is 12.2. The van der Waals surface area contributed by atoms with E-state index in [1.54, 1.807) is 37.4 Å². The van der Waals surface area contributed by atoms with E-state index in [1.807, 2.05) is 0 Å². The molecule has 22 heavy (non-hydrogen) atoms. The molecule has 1 aromatic carbocycles. The molecule has 116 valence electrons. The molecule has 2 aromatic rings. The van der Waals surface area contributed by atoms with Crippen molar-refractivity contribution >= 4 is 23.2 Å². The Hall–Kier alpha value is -1.46. The summed E-state index contributed by atoms with van der Waals surface area (Å²) in [7, 11) is 0. The molecule has 1 aromatic heterocycles. The fraction of sp³-hybridized carbons (Fsp3) is 0.250. The van der Waals surface area contributed by atoms with Gasteiger partial charge < -0.3 is 9.84 Å². The molecule has 0 bridgehead atoms. The lowest BCUT2D eigenvalue weighted by Gasteiger charge is -2.24. The quantitative estimate of drug-likeness (QED) is 0.806. The minimum absolute atomic E-state index is 0.264. The van der Waals surface area contributed by atoms with Crippen LogP contribution in [0.15, 0.2) is 43.2 Å². The van der Waals surface area contributed by atoms with Crippen LogP contribution in [0.5, 0.6) is 0 Å². The number of aliphatic hydroxyl groups excluding tert-OH is 1. The lowest BCUT2D eigenvalue weighted by Crippen LogP contribution is -2.18. The average molecular weight is 339 g/mol. The molecule has 0 saturated carbocycles. The molecule has 0 aliphatic rings. The highest BCUT2D eigenvalue weighted by molar-refractivity contribution is 6.35. The van der Waals surface area contributed by atoms with Crippen molar-refractivity contribution in [2.75, 3.05) is 6.61 Å². The third kappa shape index (κ3) is 3.84. The minimum Gasteiger partial charge on any atom is -0.384 e. The Labute approximate surface area is 139 Å². The second-order valence-corrected chi connectivity index (χ2v) is 5.52. The molecule has 4 nitrogen and oxygen atoms in total. The van der Waals surface area contributed by atoms with Crippen LogP contribution in [0.4, 0.5) is 0 Å². The minimum atomic E-state index is -1.01. The van der Waals surface area contributed by atoms with E-state index in [9.17, 15) is 5.11 Å². The molecule has 2 unspecified atom stereocenters. The van der Waals surface area contributed by atoms with E-state index in [2.05, 4.69) is 16.5 Å². The third-order valence-corrected chi connectivity index (χ3v) is 3.71. The van der Waals surface area contributed by atoms with Crippen molar-refractivity contribution < 1.29 is 9.84 Å². The molecule has 0 aliphatic heterocycles. The van der Waals surface area contributed by atoms with Crippen molar-refractivity contribution in [2.24, 2.45) is 0 Å². The molecule has 0 spiro atoms. The van der Waals surface area contributed by atoms with Gasteiger partial charge in [-0.15, -0.1) is 6.58 Å². The number of aliphatic hydroxyl groups is 1. The van der Waals surface area contributed by atoms with Gasteiger partial charge in [-0.1, -0.05) is 35.3 Å². The van der Waals surface area contributed by atoms with Gasteiger partial charge in [0.05, 0.1) is 18.0 Å². The van der Waals surface area contributed by atoms with Gasteiger partial charge in [0.1, 0.15) is 12.2 Å². The number of aryl methyl sites for hydroxylation is 1. The normalized spacial score (nSPS) is 13.6. The summed E-state index contributed by atoms with van der Waals surface area (Å²) in [6.07, 6.45) is 3.00. The van der Waals surface area contributed by atoms with Crippen LogP contribution in [0.2, 0.25) is 10.0 Å². The summed E-state index contributed by atoms with van der Waals surface area (Å²) in [4.78, 5) is 8.33. The average Bonchev–Trinajstić information content (AvgIpc) is 2.49. The number of aromatic nitrogens is 2. The number of ether oxygens (including phenoxy) is 1. The standard InChI is InChI=1S/C16H16Cl2N2O2/c1-3-8-22-16(12-5-4-11(17)9-13(12)18)15(21)14-10(2)19-6-7-20-14/h3-7,9,15-16,21H,1,8H2,2H3. The zero-order valence-corrected chi connectivity index (χ0v) is 13.6. The van der Waals surface area contributed by atoms with E-state index < -0.39 is 12.2 Å². The van der Waals surface area contributed by atoms with Gasteiger partial charge in [0.25, 0.3) is 0 Å². The van der Waals surface area contributed by atoms with Gasteiger partial charge in [0.15, 0.2) is 0 Å². The van der Waals surface area contributed by atoms with Gasteiger partial charge in [-0.25, -0.2) is 0 Å². The summed E-state index contributed by atoms with van der Waals surface area (Å²) in [5.74, 6) is 0. The first kappa shape index (κ1) is 16.9. The fourth-order valence-electron chi connectivity index (χ4n) is 2.11. The van der Waals surface area contributed by atoms with Crippen molar-refractivity contribution in [3.05, 3.63) is 70.2 Å². The van der Waals surface area contributed by atoms with Crippen LogP contribution in [0.25, 0.3) is 0 Å². The van der Waals surface area contributed by atoms with E-state index in [1.165, 1.54) is 6.20 Å². The Bertz CT molecular complexity index is 664. The number of rotatable bonds is 6. The summed E-state index contributed by atoms with van der Waals surface area (Å²) in [6.45, 7) is 5.67. The Balaban J connectivity index is 2.41. The molecule has 0 radical (unpaired) electrons. The Morgan fingerprint density at radius 1 is 1.32 bits per heavy atom. The number of benzene rings is 1. The first-order valence-corrected chi connectivity index (χ1v) is 7.43. The molecule has 0 amide bonds. The summed E-state index contributed by atoms with van der Waals surface area (Å²) in [6, 6.07) is 5.04. The SMILES string of the molecule is C=CCOC(c1ccc(Cl)cc1Cl)C(O)c1nccnc1C. The van der Waals surface area contributed by atoms with Gasteiger partial charge in [-0.05, 0) is 19.1 Å². The number of nitrogens with zero attached hydrogens (tertiary/aromatic N) is 2. The lowest BCUT2D eigenvalue weighted by atomic mass is 10.0. The fourth-order valence-corrected chi connectivity index (χ4v) is 2.62. The smallest absolute Gasteiger partial charge is 0.128 e. The van der Waals surface area contributed by atoms with E-state index in [4.69, 9.17) is 27.9 Å². The van der Waals surface area contributed by atoms with E-state index >= 15 is 0 Å². The van der Waals surface area contributed by atoms with E-state index in [-0.39, 0.29) is 6.61 Å². The first-order valence-electron chi connectivity index (χ1n) is 6.67. The topological polar surface area (TPSA) is 55.2 Å². The predicted octanol–water partition coefficient (Wildman–Crippen LogP) is 4.07. The van der Waals surface area contributed by atoms with E-state index in [0.29, 0.717) is 27.0 Å². The van der Waals surface area contributed by atoms with Crippen LogP contribution in [0, 0.1) is 6.92 Å². The number of hydrogen-bond acceptors (Lipinski definition) is 4. The summed E-state index contributed by atoms with van der Waals surface area (Å²) in [5.41, 5.74) is 1.71. The van der Waals surface area contributed by atoms with Gasteiger partial charge in [0, 0.05) is 28.0 Å². The highest BCUT2D eigenvalue weighted by atomic mass is 35.5. The van der Waals surface area contributed by atoms with Crippen molar-refractivity contribution in [3.63, 3.8) is 0 Å².